The fourth-order valence-electron chi connectivity index (χ4n) is 2.30. The van der Waals surface area contributed by atoms with Gasteiger partial charge in [-0.2, -0.15) is 0 Å². The van der Waals surface area contributed by atoms with Gasteiger partial charge in [0.1, 0.15) is 5.75 Å². The van der Waals surface area contributed by atoms with Gasteiger partial charge in [-0.15, -0.1) is 10.2 Å². The Morgan fingerprint density at radius 3 is 2.91 bits per heavy atom. The van der Waals surface area contributed by atoms with Gasteiger partial charge in [0, 0.05) is 10.7 Å². The number of hydrogen-bond acceptors (Lipinski definition) is 4. The minimum atomic E-state index is -0.294. The van der Waals surface area contributed by atoms with E-state index in [1.54, 1.807) is 25.3 Å². The van der Waals surface area contributed by atoms with Crippen LogP contribution in [0.2, 0.25) is 0 Å². The number of fused-ring (bicyclic) bond motifs is 1. The minimum Gasteiger partial charge on any atom is -0.497 e. The lowest BCUT2D eigenvalue weighted by molar-refractivity contribution is 0.0937. The highest BCUT2D eigenvalue weighted by Gasteiger charge is 2.18. The number of nitrogens with one attached hydrogen (secondary N) is 1. The topological polar surface area (TPSA) is 68.5 Å². The molecule has 0 saturated heterocycles. The molecule has 23 heavy (non-hydrogen) atoms. The van der Waals surface area contributed by atoms with Crippen molar-refractivity contribution in [3.8, 4) is 5.75 Å². The number of halogens is 1. The number of ether oxygens (including phenoxy) is 1. The highest BCUT2D eigenvalue weighted by molar-refractivity contribution is 9.10. The third kappa shape index (κ3) is 3.05. The molecule has 0 spiro atoms. The van der Waals surface area contributed by atoms with Gasteiger partial charge in [0.25, 0.3) is 5.91 Å². The molecule has 2 aromatic heterocycles. The molecule has 3 rings (SSSR count). The Morgan fingerprint density at radius 2 is 2.13 bits per heavy atom. The molecule has 6 nitrogen and oxygen atoms in total. The summed E-state index contributed by atoms with van der Waals surface area (Å²) >= 11 is 3.39. The minimum absolute atomic E-state index is 0.212. The Kier molecular flexibility index (Phi) is 4.29. The average Bonchev–Trinajstić information content (AvgIpc) is 2.99. The zero-order chi connectivity index (χ0) is 16.4. The first-order chi connectivity index (χ1) is 11.1. The van der Waals surface area contributed by atoms with Crippen molar-refractivity contribution in [1.82, 2.24) is 19.9 Å². The molecule has 1 aromatic carbocycles. The summed E-state index contributed by atoms with van der Waals surface area (Å²) in [6, 6.07) is 10.6. The Labute approximate surface area is 141 Å². The number of pyridine rings is 1. The van der Waals surface area contributed by atoms with Crippen LogP contribution in [0.4, 0.5) is 0 Å². The number of rotatable bonds is 4. The summed E-state index contributed by atoms with van der Waals surface area (Å²) in [6.45, 7) is 1.87. The van der Waals surface area contributed by atoms with Gasteiger partial charge in [-0.25, -0.2) is 0 Å². The molecule has 2 heterocycles. The van der Waals surface area contributed by atoms with Gasteiger partial charge in [0.05, 0.1) is 18.7 Å². The summed E-state index contributed by atoms with van der Waals surface area (Å²) in [5.41, 5.74) is 1.25. The van der Waals surface area contributed by atoms with Crippen molar-refractivity contribution >= 4 is 27.5 Å². The third-order valence-electron chi connectivity index (χ3n) is 3.49. The maximum absolute atomic E-state index is 12.5. The fourth-order valence-corrected chi connectivity index (χ4v) is 2.73. The summed E-state index contributed by atoms with van der Waals surface area (Å²) < 4.78 is 7.72. The number of methoxy groups -OCH3 is 1. The van der Waals surface area contributed by atoms with E-state index in [-0.39, 0.29) is 11.9 Å². The maximum Gasteiger partial charge on any atom is 0.253 e. The van der Waals surface area contributed by atoms with Crippen molar-refractivity contribution in [2.45, 2.75) is 13.0 Å². The first kappa shape index (κ1) is 15.5. The molecule has 0 saturated carbocycles. The van der Waals surface area contributed by atoms with Gasteiger partial charge < -0.3 is 10.1 Å². The lowest BCUT2D eigenvalue weighted by Crippen LogP contribution is -2.28. The van der Waals surface area contributed by atoms with Crippen molar-refractivity contribution in [2.75, 3.05) is 7.11 Å². The highest BCUT2D eigenvalue weighted by Crippen LogP contribution is 2.23. The zero-order valence-electron chi connectivity index (χ0n) is 12.7. The third-order valence-corrected chi connectivity index (χ3v) is 4.18. The van der Waals surface area contributed by atoms with Crippen LogP contribution in [0.15, 0.2) is 47.1 Å². The van der Waals surface area contributed by atoms with Crippen molar-refractivity contribution < 1.29 is 9.53 Å². The smallest absolute Gasteiger partial charge is 0.253 e. The van der Waals surface area contributed by atoms with E-state index in [0.717, 1.165) is 5.65 Å². The first-order valence-corrected chi connectivity index (χ1v) is 7.83. The largest absolute Gasteiger partial charge is 0.497 e. The van der Waals surface area contributed by atoms with Crippen LogP contribution < -0.4 is 10.1 Å². The maximum atomic E-state index is 12.5. The van der Waals surface area contributed by atoms with E-state index in [0.29, 0.717) is 21.6 Å². The van der Waals surface area contributed by atoms with Gasteiger partial charge in [-0.1, -0.05) is 6.07 Å². The second-order valence-electron chi connectivity index (χ2n) is 5.03. The van der Waals surface area contributed by atoms with E-state index >= 15 is 0 Å². The molecule has 1 atom stereocenters. The van der Waals surface area contributed by atoms with Gasteiger partial charge in [0.15, 0.2) is 11.5 Å². The fraction of sp³-hybridized carbons (Fsp3) is 0.188. The molecule has 1 N–H and O–H groups in total. The summed E-state index contributed by atoms with van der Waals surface area (Å²) in [6.07, 6.45) is 1.87. The van der Waals surface area contributed by atoms with E-state index in [2.05, 4.69) is 31.4 Å². The molecule has 0 aliphatic carbocycles. The molecule has 0 fully saturated rings. The van der Waals surface area contributed by atoms with Crippen molar-refractivity contribution in [3.05, 3.63) is 58.5 Å². The second-order valence-corrected chi connectivity index (χ2v) is 5.88. The molecule has 0 aliphatic heterocycles. The van der Waals surface area contributed by atoms with Gasteiger partial charge in [0.2, 0.25) is 0 Å². The summed E-state index contributed by atoms with van der Waals surface area (Å²) in [5.74, 6) is 1.09. The Hall–Kier alpha value is -2.41. The van der Waals surface area contributed by atoms with Crippen LogP contribution in [-0.4, -0.2) is 27.6 Å². The predicted molar refractivity (Wildman–Crippen MR) is 89.6 cm³/mol. The summed E-state index contributed by atoms with van der Waals surface area (Å²) in [7, 11) is 1.57. The quantitative estimate of drug-likeness (QED) is 0.761. The Morgan fingerprint density at radius 1 is 1.30 bits per heavy atom. The molecule has 118 valence electrons. The number of carbonyl (C=O) groups is 1. The summed E-state index contributed by atoms with van der Waals surface area (Å²) in [4.78, 5) is 12.5. The molecular weight excluding hydrogens is 360 g/mol. The number of hydrogen-bond donors (Lipinski definition) is 1. The van der Waals surface area contributed by atoms with Crippen molar-refractivity contribution in [1.29, 1.82) is 0 Å². The van der Waals surface area contributed by atoms with Crippen LogP contribution in [0, 0.1) is 0 Å². The van der Waals surface area contributed by atoms with Crippen LogP contribution in [0.25, 0.3) is 5.65 Å². The monoisotopic (exact) mass is 374 g/mol. The standard InChI is InChI=1S/C16H15BrN4O2/c1-10(15-20-19-14-5-3-4-8-21(14)15)18-16(22)12-9-11(23-2)6-7-13(12)17/h3-10H,1-2H3,(H,18,22). The molecular formula is C16H15BrN4O2. The van der Waals surface area contributed by atoms with Gasteiger partial charge >= 0.3 is 0 Å². The Bertz CT molecular complexity index is 862. The number of aromatic nitrogens is 3. The molecule has 7 heteroatoms. The van der Waals surface area contributed by atoms with E-state index in [1.807, 2.05) is 35.7 Å². The van der Waals surface area contributed by atoms with E-state index in [9.17, 15) is 4.79 Å². The van der Waals surface area contributed by atoms with Crippen LogP contribution in [-0.2, 0) is 0 Å². The normalized spacial score (nSPS) is 12.1. The van der Waals surface area contributed by atoms with Gasteiger partial charge in [-0.05, 0) is 53.2 Å². The second kappa shape index (κ2) is 6.37. The molecule has 0 radical (unpaired) electrons. The van der Waals surface area contributed by atoms with Crippen LogP contribution in [0.1, 0.15) is 29.1 Å². The van der Waals surface area contributed by atoms with E-state index in [1.165, 1.54) is 0 Å². The molecule has 0 bridgehead atoms. The number of benzene rings is 1. The molecule has 3 aromatic rings. The van der Waals surface area contributed by atoms with Crippen LogP contribution in [0.5, 0.6) is 5.75 Å². The van der Waals surface area contributed by atoms with E-state index < -0.39 is 0 Å². The summed E-state index contributed by atoms with van der Waals surface area (Å²) in [5, 5.41) is 11.2. The van der Waals surface area contributed by atoms with Gasteiger partial charge in [-0.3, -0.25) is 9.20 Å². The zero-order valence-corrected chi connectivity index (χ0v) is 14.2. The molecule has 1 unspecified atom stereocenters. The Balaban J connectivity index is 1.85. The lowest BCUT2D eigenvalue weighted by atomic mass is 10.2. The molecule has 1 amide bonds. The number of nitrogens with zero attached hydrogens (tertiary/aromatic N) is 3. The van der Waals surface area contributed by atoms with Crippen molar-refractivity contribution in [2.24, 2.45) is 0 Å². The number of amides is 1. The SMILES string of the molecule is COc1ccc(Br)c(C(=O)NC(C)c2nnc3ccccn23)c1. The lowest BCUT2D eigenvalue weighted by Gasteiger charge is -2.14. The van der Waals surface area contributed by atoms with Crippen LogP contribution in [0.3, 0.4) is 0 Å². The highest BCUT2D eigenvalue weighted by atomic mass is 79.9. The van der Waals surface area contributed by atoms with Crippen molar-refractivity contribution in [3.63, 3.8) is 0 Å². The average molecular weight is 375 g/mol. The number of carbonyl (C=O) groups excluding carboxylic acids is 1. The van der Waals surface area contributed by atoms with E-state index in [4.69, 9.17) is 4.74 Å². The van der Waals surface area contributed by atoms with Crippen LogP contribution >= 0.6 is 15.9 Å². The predicted octanol–water partition coefficient (Wildman–Crippen LogP) is 2.99. The molecule has 0 aliphatic rings. The first-order valence-electron chi connectivity index (χ1n) is 7.04.